The molecule has 2 nitrogen and oxygen atoms in total. The lowest BCUT2D eigenvalue weighted by atomic mass is 10.4. The number of hydrogen-bond acceptors (Lipinski definition) is 2. The van der Waals surface area contributed by atoms with Crippen molar-refractivity contribution < 1.29 is 10.2 Å². The fourth-order valence-electron chi connectivity index (χ4n) is 0.230. The van der Waals surface area contributed by atoms with E-state index in [1.54, 1.807) is 0 Å². The van der Waals surface area contributed by atoms with Crippen LogP contribution in [0.25, 0.3) is 0 Å². The number of aliphatic hydroxyl groups excluding tert-OH is 2. The molecule has 0 aromatic rings. The standard InChI is InChI=1S/C6H7ClO2/c1-4(8)3-6(7)5(2)9/h3,8-9H,1-2H2/b6-3+. The van der Waals surface area contributed by atoms with Gasteiger partial charge < -0.3 is 10.2 Å². The smallest absolute Gasteiger partial charge is 0.127 e. The van der Waals surface area contributed by atoms with E-state index in [0.29, 0.717) is 0 Å². The van der Waals surface area contributed by atoms with Crippen molar-refractivity contribution in [2.75, 3.05) is 0 Å². The van der Waals surface area contributed by atoms with Crippen LogP contribution in [-0.4, -0.2) is 10.2 Å². The van der Waals surface area contributed by atoms with Crippen LogP contribution < -0.4 is 0 Å². The maximum Gasteiger partial charge on any atom is 0.127 e. The summed E-state index contributed by atoms with van der Waals surface area (Å²) in [7, 11) is 0. The van der Waals surface area contributed by atoms with Crippen LogP contribution in [0.5, 0.6) is 0 Å². The summed E-state index contributed by atoms with van der Waals surface area (Å²) in [6, 6.07) is 0. The van der Waals surface area contributed by atoms with Gasteiger partial charge in [-0.15, -0.1) is 0 Å². The van der Waals surface area contributed by atoms with Crippen LogP contribution in [0, 0.1) is 0 Å². The second-order valence-corrected chi connectivity index (χ2v) is 1.84. The Hall–Kier alpha value is -0.890. The van der Waals surface area contributed by atoms with Crippen LogP contribution >= 0.6 is 11.6 Å². The van der Waals surface area contributed by atoms with Crippen molar-refractivity contribution in [2.24, 2.45) is 0 Å². The number of rotatable bonds is 2. The third-order valence-corrected chi connectivity index (χ3v) is 0.896. The highest BCUT2D eigenvalue weighted by Gasteiger charge is 1.93. The number of hydrogen-bond donors (Lipinski definition) is 2. The molecule has 3 heteroatoms. The minimum Gasteiger partial charge on any atom is -0.509 e. The molecule has 9 heavy (non-hydrogen) atoms. The molecular weight excluding hydrogens is 140 g/mol. The molecule has 0 aliphatic carbocycles. The largest absolute Gasteiger partial charge is 0.509 e. The van der Waals surface area contributed by atoms with Crippen molar-refractivity contribution in [3.8, 4) is 0 Å². The van der Waals surface area contributed by atoms with Crippen molar-refractivity contribution in [1.29, 1.82) is 0 Å². The molecule has 50 valence electrons. The van der Waals surface area contributed by atoms with E-state index in [9.17, 15) is 0 Å². The molecule has 0 radical (unpaired) electrons. The molecule has 0 saturated heterocycles. The predicted octanol–water partition coefficient (Wildman–Crippen LogP) is 2.25. The van der Waals surface area contributed by atoms with E-state index in [1.807, 2.05) is 0 Å². The van der Waals surface area contributed by atoms with Gasteiger partial charge in [0.1, 0.15) is 11.5 Å². The van der Waals surface area contributed by atoms with E-state index in [2.05, 4.69) is 13.2 Å². The van der Waals surface area contributed by atoms with Crippen LogP contribution in [0.2, 0.25) is 0 Å². The van der Waals surface area contributed by atoms with E-state index in [1.165, 1.54) is 0 Å². The minimum absolute atomic E-state index is 0.0116. The number of allylic oxidation sites excluding steroid dienone is 2. The summed E-state index contributed by atoms with van der Waals surface area (Å²) in [6.07, 6.45) is 1.10. The Kier molecular flexibility index (Phi) is 2.88. The summed E-state index contributed by atoms with van der Waals surface area (Å²) in [5.74, 6) is -0.498. The fraction of sp³-hybridized carbons (Fsp3) is 0. The van der Waals surface area contributed by atoms with Gasteiger partial charge >= 0.3 is 0 Å². The van der Waals surface area contributed by atoms with Gasteiger partial charge in [0.25, 0.3) is 0 Å². The molecule has 0 unspecified atom stereocenters. The molecule has 0 aromatic heterocycles. The summed E-state index contributed by atoms with van der Waals surface area (Å²) in [6.45, 7) is 6.23. The van der Waals surface area contributed by atoms with Gasteiger partial charge in [0.05, 0.1) is 5.03 Å². The first kappa shape index (κ1) is 8.11. The predicted molar refractivity (Wildman–Crippen MR) is 37.5 cm³/mol. The van der Waals surface area contributed by atoms with Crippen molar-refractivity contribution >= 4 is 11.6 Å². The van der Waals surface area contributed by atoms with Gasteiger partial charge in [0.15, 0.2) is 0 Å². The Morgan fingerprint density at radius 3 is 1.89 bits per heavy atom. The summed E-state index contributed by atoms with van der Waals surface area (Å²) in [5, 5.41) is 17.0. The molecule has 0 spiro atoms. The van der Waals surface area contributed by atoms with Crippen LogP contribution in [0.4, 0.5) is 0 Å². The van der Waals surface area contributed by atoms with Crippen molar-refractivity contribution in [1.82, 2.24) is 0 Å². The molecule has 0 saturated carbocycles. The molecule has 0 fully saturated rings. The molecule has 0 aromatic carbocycles. The highest BCUT2D eigenvalue weighted by molar-refractivity contribution is 6.31. The summed E-state index contributed by atoms with van der Waals surface area (Å²) < 4.78 is 0. The van der Waals surface area contributed by atoms with E-state index in [4.69, 9.17) is 21.8 Å². The highest BCUT2D eigenvalue weighted by Crippen LogP contribution is 2.10. The van der Waals surface area contributed by atoms with E-state index < -0.39 is 0 Å². The summed E-state index contributed by atoms with van der Waals surface area (Å²) in [5.41, 5.74) is 0. The molecule has 0 bridgehead atoms. The van der Waals surface area contributed by atoms with E-state index in [-0.39, 0.29) is 16.6 Å². The van der Waals surface area contributed by atoms with Gasteiger partial charge in [-0.25, -0.2) is 0 Å². The van der Waals surface area contributed by atoms with Crippen LogP contribution in [-0.2, 0) is 0 Å². The third kappa shape index (κ3) is 3.67. The van der Waals surface area contributed by atoms with Gasteiger partial charge in [-0.05, 0) is 0 Å². The zero-order valence-electron chi connectivity index (χ0n) is 4.76. The Labute approximate surface area is 58.4 Å². The van der Waals surface area contributed by atoms with Gasteiger partial charge in [-0.2, -0.15) is 0 Å². The highest BCUT2D eigenvalue weighted by atomic mass is 35.5. The second-order valence-electron chi connectivity index (χ2n) is 1.43. The first-order chi connectivity index (χ1) is 4.04. The Balaban J connectivity index is 4.17. The van der Waals surface area contributed by atoms with Crippen molar-refractivity contribution in [2.45, 2.75) is 0 Å². The molecule has 2 N–H and O–H groups in total. The number of halogens is 1. The molecule has 0 amide bonds. The lowest BCUT2D eigenvalue weighted by Crippen LogP contribution is -1.78. The van der Waals surface area contributed by atoms with Gasteiger partial charge in [-0.1, -0.05) is 24.8 Å². The van der Waals surface area contributed by atoms with Gasteiger partial charge in [0, 0.05) is 6.08 Å². The minimum atomic E-state index is -0.285. The quantitative estimate of drug-likeness (QED) is 0.464. The molecule has 0 aliphatic heterocycles. The molecule has 0 rings (SSSR count). The number of aliphatic hydroxyl groups is 2. The normalized spacial score (nSPS) is 11.0. The van der Waals surface area contributed by atoms with Crippen LogP contribution in [0.1, 0.15) is 0 Å². The zero-order chi connectivity index (χ0) is 7.44. The third-order valence-electron chi connectivity index (χ3n) is 0.569. The Bertz CT molecular complexity index is 170. The topological polar surface area (TPSA) is 40.5 Å². The molecular formula is C6H7ClO2. The Morgan fingerprint density at radius 2 is 1.78 bits per heavy atom. The SMILES string of the molecule is C=C(O)/C=C(/Cl)C(=C)O. The van der Waals surface area contributed by atoms with E-state index >= 15 is 0 Å². The molecule has 0 aliphatic rings. The van der Waals surface area contributed by atoms with Gasteiger partial charge in [0.2, 0.25) is 0 Å². The summed E-state index contributed by atoms with van der Waals surface area (Å²) in [4.78, 5) is 0. The summed E-state index contributed by atoms with van der Waals surface area (Å²) >= 11 is 5.30. The zero-order valence-corrected chi connectivity index (χ0v) is 5.52. The first-order valence-electron chi connectivity index (χ1n) is 2.17. The maximum atomic E-state index is 8.52. The monoisotopic (exact) mass is 146 g/mol. The fourth-order valence-corrected chi connectivity index (χ4v) is 0.356. The van der Waals surface area contributed by atoms with Crippen LogP contribution in [0.15, 0.2) is 35.8 Å². The first-order valence-corrected chi connectivity index (χ1v) is 2.55. The van der Waals surface area contributed by atoms with Crippen molar-refractivity contribution in [3.05, 3.63) is 35.8 Å². The average Bonchev–Trinajstić information content (AvgIpc) is 1.63. The van der Waals surface area contributed by atoms with Crippen molar-refractivity contribution in [3.63, 3.8) is 0 Å². The van der Waals surface area contributed by atoms with E-state index in [0.717, 1.165) is 6.08 Å². The lowest BCUT2D eigenvalue weighted by molar-refractivity contribution is 0.422. The van der Waals surface area contributed by atoms with Gasteiger partial charge in [-0.3, -0.25) is 0 Å². The maximum absolute atomic E-state index is 8.52. The van der Waals surface area contributed by atoms with Crippen LogP contribution in [0.3, 0.4) is 0 Å². The Morgan fingerprint density at radius 1 is 1.33 bits per heavy atom. The average molecular weight is 147 g/mol. The molecule has 0 atom stereocenters. The molecule has 0 heterocycles. The lowest BCUT2D eigenvalue weighted by Gasteiger charge is -1.92. The second kappa shape index (κ2) is 3.20.